The summed E-state index contributed by atoms with van der Waals surface area (Å²) in [7, 11) is 4.90. The van der Waals surface area contributed by atoms with Crippen LogP contribution in [0.5, 0.6) is 28.7 Å². The fourth-order valence-electron chi connectivity index (χ4n) is 3.05. The topological polar surface area (TPSA) is 61.9 Å². The van der Waals surface area contributed by atoms with Gasteiger partial charge in [-0.25, -0.2) is 0 Å². The molecule has 1 aromatic heterocycles. The molecule has 23 heavy (non-hydrogen) atoms. The normalized spacial score (nSPS) is 13.3. The largest absolute Gasteiger partial charge is 0.497 e. The summed E-state index contributed by atoms with van der Waals surface area (Å²) in [6, 6.07) is 5.62. The Morgan fingerprint density at radius 1 is 0.870 bits per heavy atom. The van der Waals surface area contributed by atoms with E-state index in [1.807, 2.05) is 18.2 Å². The third-order valence-electron chi connectivity index (χ3n) is 4.06. The van der Waals surface area contributed by atoms with Crippen LogP contribution in [0.15, 0.2) is 18.2 Å². The number of aromatic nitrogens is 1. The molecule has 0 unspecified atom stereocenters. The van der Waals surface area contributed by atoms with E-state index >= 15 is 0 Å². The van der Waals surface area contributed by atoms with Crippen LogP contribution in [0.25, 0.3) is 21.8 Å². The van der Waals surface area contributed by atoms with Crippen LogP contribution < -0.4 is 23.7 Å². The molecule has 0 spiro atoms. The zero-order valence-electron chi connectivity index (χ0n) is 13.2. The molecule has 0 radical (unpaired) electrons. The predicted molar refractivity (Wildman–Crippen MR) is 86.5 cm³/mol. The lowest BCUT2D eigenvalue weighted by atomic mass is 10.1. The number of benzene rings is 2. The van der Waals surface area contributed by atoms with Crippen molar-refractivity contribution in [1.82, 2.24) is 4.98 Å². The molecule has 120 valence electrons. The lowest BCUT2D eigenvalue weighted by molar-refractivity contribution is 0.173. The van der Waals surface area contributed by atoms with Crippen molar-refractivity contribution >= 4 is 21.8 Å². The Morgan fingerprint density at radius 3 is 2.39 bits per heavy atom. The highest BCUT2D eigenvalue weighted by Crippen LogP contribution is 2.48. The Morgan fingerprint density at radius 2 is 1.65 bits per heavy atom. The minimum atomic E-state index is 0.513. The first kappa shape index (κ1) is 13.9. The fourth-order valence-corrected chi connectivity index (χ4v) is 3.05. The maximum absolute atomic E-state index is 5.87. The molecule has 6 heteroatoms. The van der Waals surface area contributed by atoms with Gasteiger partial charge in [-0.3, -0.25) is 0 Å². The number of ether oxygens (including phenoxy) is 5. The summed E-state index contributed by atoms with van der Waals surface area (Å²) in [5.74, 6) is 3.50. The predicted octanol–water partition coefficient (Wildman–Crippen LogP) is 3.12. The Kier molecular flexibility index (Phi) is 3.11. The van der Waals surface area contributed by atoms with E-state index in [-0.39, 0.29) is 0 Å². The number of fused-ring (bicyclic) bond motifs is 5. The molecule has 0 bridgehead atoms. The monoisotopic (exact) mass is 315 g/mol. The summed E-state index contributed by atoms with van der Waals surface area (Å²) in [6.45, 7) is 1.04. The number of H-pyrrole nitrogens is 1. The third kappa shape index (κ3) is 1.94. The van der Waals surface area contributed by atoms with E-state index in [9.17, 15) is 0 Å². The van der Waals surface area contributed by atoms with E-state index in [4.69, 9.17) is 23.7 Å². The number of aromatic amines is 1. The molecule has 0 saturated heterocycles. The third-order valence-corrected chi connectivity index (χ3v) is 4.06. The lowest BCUT2D eigenvalue weighted by Crippen LogP contribution is -2.15. The molecule has 6 nitrogen and oxygen atoms in total. The van der Waals surface area contributed by atoms with Crippen LogP contribution in [0.4, 0.5) is 0 Å². The summed E-state index contributed by atoms with van der Waals surface area (Å²) in [6.07, 6.45) is 0. The number of methoxy groups -OCH3 is 3. The Labute approximate surface area is 132 Å². The first-order valence-corrected chi connectivity index (χ1v) is 7.30. The van der Waals surface area contributed by atoms with Gasteiger partial charge in [-0.1, -0.05) is 0 Å². The SMILES string of the molecule is COc1cc(OC)c2c(c1)[nH]c1c(OC)cc3c(c12)OCCO3. The standard InChI is InChI=1S/C17H17NO5/c1-19-9-6-10-14(11(7-9)20-2)15-16(18-10)12(21-3)8-13-17(15)23-5-4-22-13/h6-8,18H,4-5H2,1-3H3. The lowest BCUT2D eigenvalue weighted by Gasteiger charge is -2.20. The molecule has 0 saturated carbocycles. The molecular formula is C17H17NO5. The van der Waals surface area contributed by atoms with Crippen molar-refractivity contribution in [3.8, 4) is 28.7 Å². The van der Waals surface area contributed by atoms with Gasteiger partial charge in [-0.15, -0.1) is 0 Å². The molecule has 4 rings (SSSR count). The first-order valence-electron chi connectivity index (χ1n) is 7.30. The van der Waals surface area contributed by atoms with Gasteiger partial charge >= 0.3 is 0 Å². The van der Waals surface area contributed by atoms with Crippen LogP contribution in [0.1, 0.15) is 0 Å². The quantitative estimate of drug-likeness (QED) is 0.804. The van der Waals surface area contributed by atoms with E-state index in [1.54, 1.807) is 21.3 Å². The maximum Gasteiger partial charge on any atom is 0.171 e. The maximum atomic E-state index is 5.87. The molecular weight excluding hydrogens is 298 g/mol. The Balaban J connectivity index is 2.18. The second kappa shape index (κ2) is 5.15. The van der Waals surface area contributed by atoms with Gasteiger partial charge in [0.25, 0.3) is 0 Å². The highest BCUT2D eigenvalue weighted by molar-refractivity contribution is 6.16. The van der Waals surface area contributed by atoms with Crippen molar-refractivity contribution in [2.45, 2.75) is 0 Å². The molecule has 2 heterocycles. The highest BCUT2D eigenvalue weighted by Gasteiger charge is 2.24. The second-order valence-corrected chi connectivity index (χ2v) is 5.23. The zero-order chi connectivity index (χ0) is 16.0. The molecule has 1 N–H and O–H groups in total. The summed E-state index contributed by atoms with van der Waals surface area (Å²) in [4.78, 5) is 3.38. The van der Waals surface area contributed by atoms with Crippen molar-refractivity contribution < 1.29 is 23.7 Å². The van der Waals surface area contributed by atoms with Gasteiger partial charge in [0, 0.05) is 18.2 Å². The smallest absolute Gasteiger partial charge is 0.171 e. The summed E-state index contributed by atoms with van der Waals surface area (Å²) >= 11 is 0. The molecule has 1 aliphatic rings. The minimum absolute atomic E-state index is 0.513. The number of rotatable bonds is 3. The number of nitrogens with one attached hydrogen (secondary N) is 1. The summed E-state index contributed by atoms with van der Waals surface area (Å²) in [5, 5.41) is 1.82. The second-order valence-electron chi connectivity index (χ2n) is 5.23. The highest BCUT2D eigenvalue weighted by atomic mass is 16.6. The fraction of sp³-hybridized carbons (Fsp3) is 0.294. The van der Waals surface area contributed by atoms with E-state index in [1.165, 1.54) is 0 Å². The van der Waals surface area contributed by atoms with Crippen LogP contribution in [0, 0.1) is 0 Å². The van der Waals surface area contributed by atoms with E-state index in [0.29, 0.717) is 42.0 Å². The molecule has 2 aromatic carbocycles. The summed E-state index contributed by atoms with van der Waals surface area (Å²) in [5.41, 5.74) is 1.73. The van der Waals surface area contributed by atoms with E-state index in [2.05, 4.69) is 4.98 Å². The molecule has 0 amide bonds. The molecule has 0 atom stereocenters. The van der Waals surface area contributed by atoms with Crippen molar-refractivity contribution in [3.05, 3.63) is 18.2 Å². The molecule has 1 aliphatic heterocycles. The van der Waals surface area contributed by atoms with E-state index in [0.717, 1.165) is 21.8 Å². The number of hydrogen-bond donors (Lipinski definition) is 1. The minimum Gasteiger partial charge on any atom is -0.497 e. The van der Waals surface area contributed by atoms with Gasteiger partial charge in [0.2, 0.25) is 0 Å². The first-order chi connectivity index (χ1) is 11.3. The van der Waals surface area contributed by atoms with Crippen molar-refractivity contribution in [2.24, 2.45) is 0 Å². The van der Waals surface area contributed by atoms with Crippen LogP contribution in [-0.2, 0) is 0 Å². The van der Waals surface area contributed by atoms with Crippen LogP contribution in [0.3, 0.4) is 0 Å². The molecule has 0 aliphatic carbocycles. The van der Waals surface area contributed by atoms with Crippen LogP contribution in [-0.4, -0.2) is 39.5 Å². The van der Waals surface area contributed by atoms with Gasteiger partial charge < -0.3 is 28.7 Å². The van der Waals surface area contributed by atoms with Crippen molar-refractivity contribution in [1.29, 1.82) is 0 Å². The Bertz CT molecular complexity index is 899. The van der Waals surface area contributed by atoms with Crippen molar-refractivity contribution in [2.75, 3.05) is 34.5 Å². The van der Waals surface area contributed by atoms with Gasteiger partial charge in [0.1, 0.15) is 30.5 Å². The van der Waals surface area contributed by atoms with Gasteiger partial charge in [-0.2, -0.15) is 0 Å². The number of hydrogen-bond acceptors (Lipinski definition) is 5. The zero-order valence-corrected chi connectivity index (χ0v) is 13.2. The van der Waals surface area contributed by atoms with Crippen LogP contribution in [0.2, 0.25) is 0 Å². The van der Waals surface area contributed by atoms with Gasteiger partial charge in [0.15, 0.2) is 11.5 Å². The average Bonchev–Trinajstić information content (AvgIpc) is 2.99. The van der Waals surface area contributed by atoms with Gasteiger partial charge in [0.05, 0.1) is 43.1 Å². The van der Waals surface area contributed by atoms with E-state index < -0.39 is 0 Å². The van der Waals surface area contributed by atoms with Gasteiger partial charge in [-0.05, 0) is 0 Å². The molecule has 3 aromatic rings. The summed E-state index contributed by atoms with van der Waals surface area (Å²) < 4.78 is 28.0. The van der Waals surface area contributed by atoms with Crippen LogP contribution >= 0.6 is 0 Å². The van der Waals surface area contributed by atoms with Crippen molar-refractivity contribution in [3.63, 3.8) is 0 Å². The average molecular weight is 315 g/mol. The Hall–Kier alpha value is -2.76. The molecule has 0 fully saturated rings.